The van der Waals surface area contributed by atoms with Crippen molar-refractivity contribution >= 4 is 17.5 Å². The van der Waals surface area contributed by atoms with Gasteiger partial charge in [0.2, 0.25) is 5.91 Å². The lowest BCUT2D eigenvalue weighted by atomic mass is 10.0. The molecule has 1 amide bonds. The molecular formula is C16H17ClN2O2. The van der Waals surface area contributed by atoms with Crippen molar-refractivity contribution in [3.63, 3.8) is 0 Å². The highest BCUT2D eigenvalue weighted by molar-refractivity contribution is 6.30. The molecule has 21 heavy (non-hydrogen) atoms. The maximum absolute atomic E-state index is 11.0. The second-order valence-electron chi connectivity index (χ2n) is 4.84. The Morgan fingerprint density at radius 2 is 1.67 bits per heavy atom. The number of rotatable bonds is 5. The van der Waals surface area contributed by atoms with Gasteiger partial charge in [-0.3, -0.25) is 4.79 Å². The van der Waals surface area contributed by atoms with Crippen molar-refractivity contribution in [3.05, 3.63) is 64.7 Å². The van der Waals surface area contributed by atoms with E-state index in [1.807, 2.05) is 19.1 Å². The summed E-state index contributed by atoms with van der Waals surface area (Å²) in [5, 5.41) is 0.660. The van der Waals surface area contributed by atoms with Crippen molar-refractivity contribution < 1.29 is 9.53 Å². The summed E-state index contributed by atoms with van der Waals surface area (Å²) >= 11 is 5.89. The van der Waals surface area contributed by atoms with Crippen LogP contribution in [0.4, 0.5) is 0 Å². The molecular weight excluding hydrogens is 288 g/mol. The van der Waals surface area contributed by atoms with Gasteiger partial charge in [0, 0.05) is 16.6 Å². The van der Waals surface area contributed by atoms with Gasteiger partial charge < -0.3 is 16.2 Å². The molecule has 110 valence electrons. The second kappa shape index (κ2) is 6.61. The van der Waals surface area contributed by atoms with Crippen LogP contribution >= 0.6 is 11.6 Å². The standard InChI is InChI=1S/C16H17ClN2O2/c1-10(18)15(11-2-6-13(17)7-3-11)21-14-8-4-12(5-9-14)16(19)20/h2-10,15H,18H2,1H3,(H2,19,20). The van der Waals surface area contributed by atoms with E-state index in [4.69, 9.17) is 27.8 Å². The van der Waals surface area contributed by atoms with Crippen LogP contribution in [0, 0.1) is 0 Å². The first-order valence-corrected chi connectivity index (χ1v) is 6.92. The summed E-state index contributed by atoms with van der Waals surface area (Å²) < 4.78 is 5.92. The highest BCUT2D eigenvalue weighted by Gasteiger charge is 2.18. The Morgan fingerprint density at radius 1 is 1.10 bits per heavy atom. The zero-order chi connectivity index (χ0) is 15.4. The molecule has 2 unspecified atom stereocenters. The average molecular weight is 305 g/mol. The molecule has 0 fully saturated rings. The van der Waals surface area contributed by atoms with Gasteiger partial charge in [0.1, 0.15) is 11.9 Å². The third kappa shape index (κ3) is 3.97. The maximum atomic E-state index is 11.0. The van der Waals surface area contributed by atoms with E-state index in [1.165, 1.54) is 0 Å². The monoisotopic (exact) mass is 304 g/mol. The first-order chi connectivity index (χ1) is 9.97. The number of hydrogen-bond acceptors (Lipinski definition) is 3. The number of benzene rings is 2. The molecule has 0 heterocycles. The molecule has 4 nitrogen and oxygen atoms in total. The molecule has 0 aliphatic heterocycles. The predicted octanol–water partition coefficient (Wildman–Crippen LogP) is 2.91. The van der Waals surface area contributed by atoms with Crippen LogP contribution in [0.2, 0.25) is 5.02 Å². The Labute approximate surface area is 128 Å². The van der Waals surface area contributed by atoms with Crippen molar-refractivity contribution in [1.29, 1.82) is 0 Å². The summed E-state index contributed by atoms with van der Waals surface area (Å²) in [5.74, 6) is 0.153. The predicted molar refractivity (Wildman–Crippen MR) is 83.4 cm³/mol. The lowest BCUT2D eigenvalue weighted by Gasteiger charge is -2.23. The summed E-state index contributed by atoms with van der Waals surface area (Å²) in [6, 6.07) is 13.8. The van der Waals surface area contributed by atoms with Crippen LogP contribution in [-0.4, -0.2) is 11.9 Å². The fraction of sp³-hybridized carbons (Fsp3) is 0.188. The number of carbonyl (C=O) groups excluding carboxylic acids is 1. The smallest absolute Gasteiger partial charge is 0.248 e. The van der Waals surface area contributed by atoms with Crippen LogP contribution in [0.15, 0.2) is 48.5 Å². The van der Waals surface area contributed by atoms with Gasteiger partial charge in [0.15, 0.2) is 0 Å². The Morgan fingerprint density at radius 3 is 2.14 bits per heavy atom. The van der Waals surface area contributed by atoms with Crippen LogP contribution in [0.1, 0.15) is 28.9 Å². The minimum Gasteiger partial charge on any atom is -0.484 e. The van der Waals surface area contributed by atoms with Gasteiger partial charge in [-0.05, 0) is 48.9 Å². The molecule has 0 aromatic heterocycles. The van der Waals surface area contributed by atoms with Crippen LogP contribution in [-0.2, 0) is 0 Å². The fourth-order valence-corrected chi connectivity index (χ4v) is 2.10. The molecule has 2 aromatic rings. The number of carbonyl (C=O) groups is 1. The van der Waals surface area contributed by atoms with Gasteiger partial charge in [-0.25, -0.2) is 0 Å². The van der Waals surface area contributed by atoms with Crippen LogP contribution < -0.4 is 16.2 Å². The van der Waals surface area contributed by atoms with Crippen molar-refractivity contribution in [2.45, 2.75) is 19.1 Å². The lowest BCUT2D eigenvalue weighted by molar-refractivity contribution is 0.1000. The first kappa shape index (κ1) is 15.4. The minimum absolute atomic E-state index is 0.206. The third-order valence-electron chi connectivity index (χ3n) is 3.08. The van der Waals surface area contributed by atoms with Crippen molar-refractivity contribution in [1.82, 2.24) is 0 Å². The number of halogens is 1. The number of amides is 1. The number of ether oxygens (including phenoxy) is 1. The molecule has 0 aliphatic carbocycles. The zero-order valence-electron chi connectivity index (χ0n) is 11.6. The van der Waals surface area contributed by atoms with Crippen LogP contribution in [0.25, 0.3) is 0 Å². The Bertz CT molecular complexity index is 609. The Hall–Kier alpha value is -2.04. The fourth-order valence-electron chi connectivity index (χ4n) is 1.98. The summed E-state index contributed by atoms with van der Waals surface area (Å²) in [4.78, 5) is 11.0. The normalized spacial score (nSPS) is 13.5. The van der Waals surface area contributed by atoms with Crippen LogP contribution in [0.5, 0.6) is 5.75 Å². The number of nitrogens with two attached hydrogens (primary N) is 2. The zero-order valence-corrected chi connectivity index (χ0v) is 12.4. The SMILES string of the molecule is CC(N)C(Oc1ccc(C(N)=O)cc1)c1ccc(Cl)cc1. The van der Waals surface area contributed by atoms with Gasteiger partial charge in [-0.2, -0.15) is 0 Å². The van der Waals surface area contributed by atoms with E-state index in [1.54, 1.807) is 36.4 Å². The molecule has 5 heteroatoms. The van der Waals surface area contributed by atoms with E-state index in [0.717, 1.165) is 5.56 Å². The molecule has 0 bridgehead atoms. The topological polar surface area (TPSA) is 78.3 Å². The van der Waals surface area contributed by atoms with Gasteiger partial charge >= 0.3 is 0 Å². The molecule has 4 N–H and O–H groups in total. The van der Waals surface area contributed by atoms with Crippen molar-refractivity contribution in [2.75, 3.05) is 0 Å². The van der Waals surface area contributed by atoms with Crippen molar-refractivity contribution in [3.8, 4) is 5.75 Å². The van der Waals surface area contributed by atoms with Gasteiger partial charge in [0.05, 0.1) is 0 Å². The summed E-state index contributed by atoms with van der Waals surface area (Å²) in [6.45, 7) is 1.87. The summed E-state index contributed by atoms with van der Waals surface area (Å²) in [6.07, 6.45) is -0.304. The molecule has 2 rings (SSSR count). The summed E-state index contributed by atoms with van der Waals surface area (Å²) in [5.41, 5.74) is 12.6. The highest BCUT2D eigenvalue weighted by atomic mass is 35.5. The third-order valence-corrected chi connectivity index (χ3v) is 3.33. The molecule has 2 atom stereocenters. The van der Waals surface area contributed by atoms with E-state index < -0.39 is 5.91 Å². The first-order valence-electron chi connectivity index (χ1n) is 6.55. The maximum Gasteiger partial charge on any atom is 0.248 e. The highest BCUT2D eigenvalue weighted by Crippen LogP contribution is 2.25. The molecule has 2 aromatic carbocycles. The lowest BCUT2D eigenvalue weighted by Crippen LogP contribution is -2.29. The molecule has 0 saturated carbocycles. The molecule has 0 spiro atoms. The van der Waals surface area contributed by atoms with E-state index in [0.29, 0.717) is 16.3 Å². The van der Waals surface area contributed by atoms with Gasteiger partial charge in [-0.1, -0.05) is 23.7 Å². The Kier molecular flexibility index (Phi) is 4.83. The number of hydrogen-bond donors (Lipinski definition) is 2. The van der Waals surface area contributed by atoms with E-state index in [-0.39, 0.29) is 12.1 Å². The second-order valence-corrected chi connectivity index (χ2v) is 5.27. The summed E-state index contributed by atoms with van der Waals surface area (Å²) in [7, 11) is 0. The van der Waals surface area contributed by atoms with E-state index >= 15 is 0 Å². The molecule has 0 aliphatic rings. The molecule has 0 saturated heterocycles. The number of primary amides is 1. The van der Waals surface area contributed by atoms with Crippen LogP contribution in [0.3, 0.4) is 0 Å². The Balaban J connectivity index is 2.20. The molecule has 0 radical (unpaired) electrons. The van der Waals surface area contributed by atoms with E-state index in [2.05, 4.69) is 0 Å². The average Bonchev–Trinajstić information content (AvgIpc) is 2.46. The quantitative estimate of drug-likeness (QED) is 0.891. The minimum atomic E-state index is -0.469. The largest absolute Gasteiger partial charge is 0.484 e. The van der Waals surface area contributed by atoms with Gasteiger partial charge in [0.25, 0.3) is 0 Å². The van der Waals surface area contributed by atoms with E-state index in [9.17, 15) is 4.79 Å². The van der Waals surface area contributed by atoms with Crippen molar-refractivity contribution in [2.24, 2.45) is 11.5 Å². The van der Waals surface area contributed by atoms with Gasteiger partial charge in [-0.15, -0.1) is 0 Å².